The molecule has 3 amide bonds. The van der Waals surface area contributed by atoms with Gasteiger partial charge in [0.1, 0.15) is 11.3 Å². The summed E-state index contributed by atoms with van der Waals surface area (Å²) in [4.78, 5) is 29.5. The van der Waals surface area contributed by atoms with Crippen LogP contribution < -0.4 is 20.3 Å². The third-order valence-corrected chi connectivity index (χ3v) is 5.73. The number of hydrogen-bond acceptors (Lipinski definition) is 3. The lowest BCUT2D eigenvalue weighted by atomic mass is 9.80. The Hall–Kier alpha value is -2.28. The molecule has 1 aliphatic heterocycles. The van der Waals surface area contributed by atoms with Crippen molar-refractivity contribution in [2.24, 2.45) is 0 Å². The highest BCUT2D eigenvalue weighted by atomic mass is 16.5. The lowest BCUT2D eigenvalue weighted by Crippen LogP contribution is -3.12. The van der Waals surface area contributed by atoms with Crippen molar-refractivity contribution in [2.75, 3.05) is 45.7 Å². The summed E-state index contributed by atoms with van der Waals surface area (Å²) in [5.41, 5.74) is -0.200. The second-order valence-electron chi connectivity index (χ2n) is 7.67. The molecule has 2 aliphatic rings. The summed E-state index contributed by atoms with van der Waals surface area (Å²) in [5.74, 6) is 0.670. The maximum Gasteiger partial charge on any atom is 0.320 e. The van der Waals surface area contributed by atoms with Crippen molar-refractivity contribution >= 4 is 17.6 Å². The van der Waals surface area contributed by atoms with Crippen LogP contribution in [0.15, 0.2) is 24.3 Å². The maximum absolute atomic E-state index is 13.3. The van der Waals surface area contributed by atoms with Crippen molar-refractivity contribution in [2.45, 2.75) is 37.6 Å². The minimum atomic E-state index is -0.796. The lowest BCUT2D eigenvalue weighted by molar-refractivity contribution is -0.883. The van der Waals surface area contributed by atoms with E-state index in [0.717, 1.165) is 45.4 Å². The first kappa shape index (κ1) is 19.5. The molecule has 1 heterocycles. The van der Waals surface area contributed by atoms with Crippen molar-refractivity contribution in [3.05, 3.63) is 24.3 Å². The van der Waals surface area contributed by atoms with Gasteiger partial charge in [0.15, 0.2) is 0 Å². The molecule has 3 rings (SSSR count). The number of rotatable bonds is 4. The molecule has 3 N–H and O–H groups in total. The highest BCUT2D eigenvalue weighted by molar-refractivity contribution is 5.97. The third kappa shape index (κ3) is 4.53. The first-order valence-corrected chi connectivity index (χ1v) is 9.87. The van der Waals surface area contributed by atoms with E-state index in [1.54, 1.807) is 19.2 Å². The van der Waals surface area contributed by atoms with Crippen molar-refractivity contribution in [1.29, 1.82) is 0 Å². The van der Waals surface area contributed by atoms with Gasteiger partial charge in [-0.05, 0) is 25.0 Å². The second kappa shape index (κ2) is 8.61. The molecular weight excluding hydrogens is 344 g/mol. The summed E-state index contributed by atoms with van der Waals surface area (Å²) in [6.45, 7) is 3.41. The zero-order valence-electron chi connectivity index (χ0n) is 16.3. The molecule has 0 bridgehead atoms. The van der Waals surface area contributed by atoms with Crippen LogP contribution in [0.3, 0.4) is 0 Å². The van der Waals surface area contributed by atoms with Gasteiger partial charge < -0.3 is 25.2 Å². The van der Waals surface area contributed by atoms with E-state index in [4.69, 9.17) is 4.74 Å². The normalized spacial score (nSPS) is 20.0. The molecule has 0 atom stereocenters. The molecule has 1 aromatic carbocycles. The lowest BCUT2D eigenvalue weighted by Gasteiger charge is -2.41. The van der Waals surface area contributed by atoms with Crippen LogP contribution in [-0.4, -0.2) is 62.7 Å². The van der Waals surface area contributed by atoms with Crippen molar-refractivity contribution in [1.82, 2.24) is 10.2 Å². The highest BCUT2D eigenvalue weighted by Crippen LogP contribution is 2.31. The minimum absolute atomic E-state index is 0.0740. The molecular formula is C20H31N4O3+. The predicted molar refractivity (Wildman–Crippen MR) is 104 cm³/mol. The Labute approximate surface area is 161 Å². The number of anilines is 1. The van der Waals surface area contributed by atoms with Crippen LogP contribution in [0.1, 0.15) is 32.1 Å². The largest absolute Gasteiger partial charge is 0.495 e. The van der Waals surface area contributed by atoms with Crippen LogP contribution in [-0.2, 0) is 4.79 Å². The average molecular weight is 375 g/mol. The number of para-hydroxylation sites is 2. The Balaban J connectivity index is 1.72. The fraction of sp³-hybridized carbons (Fsp3) is 0.600. The molecule has 7 heteroatoms. The summed E-state index contributed by atoms with van der Waals surface area (Å²) >= 11 is 0. The van der Waals surface area contributed by atoms with Gasteiger partial charge in [-0.2, -0.15) is 0 Å². The van der Waals surface area contributed by atoms with E-state index < -0.39 is 5.54 Å². The fourth-order valence-corrected chi connectivity index (χ4v) is 4.06. The summed E-state index contributed by atoms with van der Waals surface area (Å²) in [6.07, 6.45) is 4.42. The molecule has 1 aromatic rings. The molecule has 7 nitrogen and oxygen atoms in total. The van der Waals surface area contributed by atoms with Crippen LogP contribution >= 0.6 is 0 Å². The molecule has 1 saturated carbocycles. The second-order valence-corrected chi connectivity index (χ2v) is 7.67. The Morgan fingerprint density at radius 2 is 1.78 bits per heavy atom. The highest BCUT2D eigenvalue weighted by Gasteiger charge is 2.44. The molecule has 2 fully saturated rings. The van der Waals surface area contributed by atoms with E-state index >= 15 is 0 Å². The number of benzene rings is 1. The van der Waals surface area contributed by atoms with Crippen molar-refractivity contribution < 1.29 is 19.2 Å². The van der Waals surface area contributed by atoms with Crippen molar-refractivity contribution in [3.8, 4) is 5.75 Å². The number of ether oxygens (including phenoxy) is 1. The van der Waals surface area contributed by atoms with Gasteiger partial charge in [-0.1, -0.05) is 31.4 Å². The number of carbonyl (C=O) groups excluding carboxylic acids is 2. The standard InChI is InChI=1S/C20H30N4O3/c1-23-12-14-24(15-13-23)18(25)20(10-6-3-7-11-20)22-19(26)21-16-8-4-5-9-17(16)27-2/h4-5,8-9H,3,6-7,10-15H2,1-2H3,(H2,21,22,26)/p+1. The smallest absolute Gasteiger partial charge is 0.320 e. The van der Waals surface area contributed by atoms with Crippen LogP contribution in [0.2, 0.25) is 0 Å². The van der Waals surface area contributed by atoms with Gasteiger partial charge in [0.25, 0.3) is 0 Å². The number of hydrogen-bond donors (Lipinski definition) is 3. The van der Waals surface area contributed by atoms with Crippen LogP contribution in [0, 0.1) is 0 Å². The zero-order valence-corrected chi connectivity index (χ0v) is 16.3. The van der Waals surface area contributed by atoms with Gasteiger partial charge in [-0.15, -0.1) is 0 Å². The van der Waals surface area contributed by atoms with Crippen LogP contribution in [0.5, 0.6) is 5.75 Å². The molecule has 148 valence electrons. The molecule has 1 aliphatic carbocycles. The Morgan fingerprint density at radius 1 is 1.11 bits per heavy atom. The van der Waals surface area contributed by atoms with E-state index in [-0.39, 0.29) is 11.9 Å². The average Bonchev–Trinajstić information content (AvgIpc) is 2.69. The molecule has 0 spiro atoms. The van der Waals surface area contributed by atoms with E-state index in [1.807, 2.05) is 17.0 Å². The summed E-state index contributed by atoms with van der Waals surface area (Å²) < 4.78 is 5.29. The quantitative estimate of drug-likeness (QED) is 0.731. The Bertz CT molecular complexity index is 665. The number of urea groups is 1. The van der Waals surface area contributed by atoms with Gasteiger partial charge in [-0.25, -0.2) is 4.79 Å². The molecule has 1 saturated heterocycles. The van der Waals surface area contributed by atoms with E-state index in [2.05, 4.69) is 17.7 Å². The topological polar surface area (TPSA) is 75.1 Å². The maximum atomic E-state index is 13.3. The number of likely N-dealkylation sites (N-methyl/N-ethyl adjacent to an activating group) is 1. The first-order chi connectivity index (χ1) is 13.0. The van der Waals surface area contributed by atoms with Gasteiger partial charge in [-0.3, -0.25) is 4.79 Å². The van der Waals surface area contributed by atoms with E-state index in [0.29, 0.717) is 24.3 Å². The molecule has 27 heavy (non-hydrogen) atoms. The van der Waals surface area contributed by atoms with Crippen LogP contribution in [0.4, 0.5) is 10.5 Å². The SMILES string of the molecule is COc1ccccc1NC(=O)NC1(C(=O)N2CC[NH+](C)CC2)CCCCC1. The Morgan fingerprint density at radius 3 is 2.44 bits per heavy atom. The number of methoxy groups -OCH3 is 1. The number of amides is 3. The fourth-order valence-electron chi connectivity index (χ4n) is 4.06. The third-order valence-electron chi connectivity index (χ3n) is 5.73. The van der Waals surface area contributed by atoms with Crippen LogP contribution in [0.25, 0.3) is 0 Å². The zero-order chi connectivity index (χ0) is 19.3. The molecule has 0 radical (unpaired) electrons. The van der Waals surface area contributed by atoms with Gasteiger partial charge in [0, 0.05) is 0 Å². The molecule has 0 unspecified atom stereocenters. The van der Waals surface area contributed by atoms with Gasteiger partial charge in [0.2, 0.25) is 5.91 Å². The number of nitrogens with one attached hydrogen (secondary N) is 3. The van der Waals surface area contributed by atoms with Gasteiger partial charge >= 0.3 is 6.03 Å². The summed E-state index contributed by atoms with van der Waals surface area (Å²) in [7, 11) is 3.72. The molecule has 0 aromatic heterocycles. The first-order valence-electron chi connectivity index (χ1n) is 9.87. The van der Waals surface area contributed by atoms with Gasteiger partial charge in [0.05, 0.1) is 46.0 Å². The number of carbonyl (C=O) groups is 2. The summed E-state index contributed by atoms with van der Waals surface area (Å²) in [5, 5.41) is 5.89. The van der Waals surface area contributed by atoms with E-state index in [1.165, 1.54) is 4.90 Å². The minimum Gasteiger partial charge on any atom is -0.495 e. The Kier molecular flexibility index (Phi) is 6.21. The van der Waals surface area contributed by atoms with Crippen molar-refractivity contribution in [3.63, 3.8) is 0 Å². The predicted octanol–water partition coefficient (Wildman–Crippen LogP) is 0.877. The number of nitrogens with zero attached hydrogens (tertiary/aromatic N) is 1. The number of piperazine rings is 1. The number of quaternary nitrogens is 1. The van der Waals surface area contributed by atoms with E-state index in [9.17, 15) is 9.59 Å². The summed E-state index contributed by atoms with van der Waals surface area (Å²) in [6, 6.07) is 6.92. The monoisotopic (exact) mass is 375 g/mol.